The quantitative estimate of drug-likeness (QED) is 0.642. The fraction of sp³-hybridized carbons (Fsp3) is 0.333. The third kappa shape index (κ3) is 5.64. The summed E-state index contributed by atoms with van der Waals surface area (Å²) in [5, 5.41) is 5.78. The molecule has 0 radical (unpaired) electrons. The molecule has 1 aliphatic heterocycles. The zero-order valence-electron chi connectivity index (χ0n) is 15.6. The van der Waals surface area contributed by atoms with Crippen LogP contribution in [0.15, 0.2) is 53.0 Å². The second-order valence-electron chi connectivity index (χ2n) is 6.54. The molecular weight excluding hydrogens is 422 g/mol. The minimum absolute atomic E-state index is 0.190. The van der Waals surface area contributed by atoms with Gasteiger partial charge in [-0.25, -0.2) is 0 Å². The van der Waals surface area contributed by atoms with E-state index in [2.05, 4.69) is 31.5 Å². The summed E-state index contributed by atoms with van der Waals surface area (Å²) in [6, 6.07) is 14.2. The van der Waals surface area contributed by atoms with Gasteiger partial charge in [-0.3, -0.25) is 14.5 Å². The van der Waals surface area contributed by atoms with Crippen LogP contribution in [0.3, 0.4) is 0 Å². The fourth-order valence-corrected chi connectivity index (χ4v) is 3.51. The summed E-state index contributed by atoms with van der Waals surface area (Å²) in [6.45, 7) is 4.95. The van der Waals surface area contributed by atoms with Crippen LogP contribution < -0.4 is 10.6 Å². The summed E-state index contributed by atoms with van der Waals surface area (Å²) in [7, 11) is 0. The van der Waals surface area contributed by atoms with Crippen LogP contribution in [-0.4, -0.2) is 56.1 Å². The smallest absolute Gasteiger partial charge is 0.256 e. The molecule has 0 unspecified atom stereocenters. The van der Waals surface area contributed by atoms with Gasteiger partial charge in [-0.05, 0) is 53.2 Å². The van der Waals surface area contributed by atoms with E-state index in [1.165, 1.54) is 0 Å². The van der Waals surface area contributed by atoms with Crippen LogP contribution in [0, 0.1) is 0 Å². The van der Waals surface area contributed by atoms with Gasteiger partial charge in [-0.2, -0.15) is 0 Å². The van der Waals surface area contributed by atoms with Crippen molar-refractivity contribution < 1.29 is 14.3 Å². The minimum atomic E-state index is -0.264. The van der Waals surface area contributed by atoms with Crippen LogP contribution in [-0.2, 0) is 4.74 Å². The van der Waals surface area contributed by atoms with Gasteiger partial charge in [-0.1, -0.05) is 24.3 Å². The number of carbonyl (C=O) groups is 2. The van der Waals surface area contributed by atoms with E-state index in [0.717, 1.165) is 39.3 Å². The molecule has 2 N–H and O–H groups in total. The Hall–Kier alpha value is -2.22. The minimum Gasteiger partial charge on any atom is -0.379 e. The molecule has 0 aliphatic carbocycles. The fourth-order valence-electron chi connectivity index (χ4n) is 3.05. The number of nitrogens with one attached hydrogen (secondary N) is 2. The Kier molecular flexibility index (Phi) is 7.59. The highest BCUT2D eigenvalue weighted by atomic mass is 79.9. The highest BCUT2D eigenvalue weighted by molar-refractivity contribution is 9.10. The molecule has 0 spiro atoms. The largest absolute Gasteiger partial charge is 0.379 e. The summed E-state index contributed by atoms with van der Waals surface area (Å²) >= 11 is 3.38. The zero-order chi connectivity index (χ0) is 19.8. The molecular formula is C21H24BrN3O3. The number of hydrogen-bond donors (Lipinski definition) is 2. The molecule has 148 valence electrons. The molecule has 1 saturated heterocycles. The van der Waals surface area contributed by atoms with Gasteiger partial charge >= 0.3 is 0 Å². The van der Waals surface area contributed by atoms with Crippen LogP contribution in [0.2, 0.25) is 0 Å². The van der Waals surface area contributed by atoms with Crippen molar-refractivity contribution in [3.05, 3.63) is 64.1 Å². The van der Waals surface area contributed by atoms with Gasteiger partial charge in [0.2, 0.25) is 0 Å². The number of halogens is 1. The summed E-state index contributed by atoms with van der Waals surface area (Å²) in [6.07, 6.45) is 0.872. The van der Waals surface area contributed by atoms with E-state index >= 15 is 0 Å². The molecule has 1 fully saturated rings. The van der Waals surface area contributed by atoms with Gasteiger partial charge in [0.05, 0.1) is 30.0 Å². The lowest BCUT2D eigenvalue weighted by atomic mass is 10.1. The van der Waals surface area contributed by atoms with Crippen LogP contribution in [0.4, 0.5) is 5.69 Å². The summed E-state index contributed by atoms with van der Waals surface area (Å²) in [5.41, 5.74) is 1.46. The highest BCUT2D eigenvalue weighted by Gasteiger charge is 2.15. The molecule has 3 rings (SSSR count). The first-order chi connectivity index (χ1) is 13.6. The van der Waals surface area contributed by atoms with Crippen molar-refractivity contribution in [2.24, 2.45) is 0 Å². The number of amides is 2. The van der Waals surface area contributed by atoms with Gasteiger partial charge in [0.1, 0.15) is 0 Å². The predicted octanol–water partition coefficient (Wildman–Crippen LogP) is 3.15. The van der Waals surface area contributed by atoms with Gasteiger partial charge in [0.15, 0.2) is 0 Å². The summed E-state index contributed by atoms with van der Waals surface area (Å²) < 4.78 is 6.04. The monoisotopic (exact) mass is 445 g/mol. The van der Waals surface area contributed by atoms with Gasteiger partial charge < -0.3 is 15.4 Å². The maximum Gasteiger partial charge on any atom is 0.256 e. The molecule has 1 aliphatic rings. The highest BCUT2D eigenvalue weighted by Crippen LogP contribution is 2.20. The van der Waals surface area contributed by atoms with Gasteiger partial charge in [-0.15, -0.1) is 0 Å². The number of morpholine rings is 1. The number of ether oxygens (including phenoxy) is 1. The van der Waals surface area contributed by atoms with E-state index in [1.54, 1.807) is 36.4 Å². The van der Waals surface area contributed by atoms with E-state index in [1.807, 2.05) is 12.1 Å². The molecule has 1 heterocycles. The van der Waals surface area contributed by atoms with E-state index < -0.39 is 0 Å². The lowest BCUT2D eigenvalue weighted by Gasteiger charge is -2.26. The maximum atomic E-state index is 12.6. The number of carbonyl (C=O) groups excluding carboxylic acids is 2. The first-order valence-electron chi connectivity index (χ1n) is 9.38. The summed E-state index contributed by atoms with van der Waals surface area (Å²) in [5.74, 6) is -0.454. The van der Waals surface area contributed by atoms with E-state index in [0.29, 0.717) is 27.8 Å². The molecule has 7 heteroatoms. The van der Waals surface area contributed by atoms with Crippen molar-refractivity contribution in [3.63, 3.8) is 0 Å². The van der Waals surface area contributed by atoms with Crippen molar-refractivity contribution in [1.82, 2.24) is 10.2 Å². The van der Waals surface area contributed by atoms with Crippen LogP contribution in [0.1, 0.15) is 27.1 Å². The average Bonchev–Trinajstić information content (AvgIpc) is 2.72. The lowest BCUT2D eigenvalue weighted by Crippen LogP contribution is -2.38. The number of nitrogens with zero attached hydrogens (tertiary/aromatic N) is 1. The summed E-state index contributed by atoms with van der Waals surface area (Å²) in [4.78, 5) is 27.5. The molecule has 0 saturated carbocycles. The Morgan fingerprint density at radius 3 is 2.39 bits per heavy atom. The molecule has 0 bridgehead atoms. The Morgan fingerprint density at radius 2 is 1.64 bits per heavy atom. The molecule has 2 aromatic rings. The van der Waals surface area contributed by atoms with Crippen molar-refractivity contribution in [2.45, 2.75) is 6.42 Å². The van der Waals surface area contributed by atoms with E-state index in [9.17, 15) is 9.59 Å². The topological polar surface area (TPSA) is 70.7 Å². The van der Waals surface area contributed by atoms with Gasteiger partial charge in [0, 0.05) is 24.1 Å². The van der Waals surface area contributed by atoms with Crippen molar-refractivity contribution >= 4 is 33.4 Å². The first kappa shape index (κ1) is 20.5. The number of hydrogen-bond acceptors (Lipinski definition) is 4. The van der Waals surface area contributed by atoms with Crippen LogP contribution in [0.25, 0.3) is 0 Å². The third-order valence-electron chi connectivity index (χ3n) is 4.58. The number of para-hydroxylation sites is 1. The number of anilines is 1. The average molecular weight is 446 g/mol. The second kappa shape index (κ2) is 10.4. The molecule has 0 atom stereocenters. The third-order valence-corrected chi connectivity index (χ3v) is 5.27. The Morgan fingerprint density at radius 1 is 0.964 bits per heavy atom. The normalized spacial score (nSPS) is 14.5. The molecule has 0 aromatic heterocycles. The molecule has 2 amide bonds. The molecule has 28 heavy (non-hydrogen) atoms. The molecule has 2 aromatic carbocycles. The zero-order valence-corrected chi connectivity index (χ0v) is 17.2. The van der Waals surface area contributed by atoms with Crippen molar-refractivity contribution in [1.29, 1.82) is 0 Å². The van der Waals surface area contributed by atoms with E-state index in [-0.39, 0.29) is 11.8 Å². The number of rotatable bonds is 7. The van der Waals surface area contributed by atoms with Gasteiger partial charge in [0.25, 0.3) is 11.8 Å². The maximum absolute atomic E-state index is 12.6. The predicted molar refractivity (Wildman–Crippen MR) is 113 cm³/mol. The van der Waals surface area contributed by atoms with Crippen molar-refractivity contribution in [3.8, 4) is 0 Å². The van der Waals surface area contributed by atoms with Crippen molar-refractivity contribution in [2.75, 3.05) is 44.7 Å². The second-order valence-corrected chi connectivity index (χ2v) is 7.40. The Balaban J connectivity index is 1.56. The Labute approximate surface area is 173 Å². The Bertz CT molecular complexity index is 822. The number of benzene rings is 2. The molecule has 6 nitrogen and oxygen atoms in total. The van der Waals surface area contributed by atoms with Crippen LogP contribution >= 0.6 is 15.9 Å². The standard InChI is InChI=1S/C21H24BrN3O3/c22-18-8-3-1-6-16(18)21(27)24-19-9-4-2-7-17(19)20(26)23-10-5-11-25-12-14-28-15-13-25/h1-4,6-9H,5,10-15H2,(H,23,26)(H,24,27). The van der Waals surface area contributed by atoms with Crippen LogP contribution in [0.5, 0.6) is 0 Å². The SMILES string of the molecule is O=C(Nc1ccccc1C(=O)NCCCN1CCOCC1)c1ccccc1Br. The first-order valence-corrected chi connectivity index (χ1v) is 10.2. The lowest BCUT2D eigenvalue weighted by molar-refractivity contribution is 0.0374. The van der Waals surface area contributed by atoms with E-state index in [4.69, 9.17) is 4.74 Å².